The van der Waals surface area contributed by atoms with Crippen LogP contribution in [0, 0.1) is 0 Å². The van der Waals surface area contributed by atoms with Crippen molar-refractivity contribution >= 4 is 11.0 Å². The molecule has 0 bridgehead atoms. The second kappa shape index (κ2) is 6.40. The van der Waals surface area contributed by atoms with Gasteiger partial charge in [0.05, 0.1) is 5.39 Å². The molecule has 0 radical (unpaired) electrons. The molecule has 1 heterocycles. The van der Waals surface area contributed by atoms with E-state index in [-0.39, 0.29) is 16.9 Å². The lowest BCUT2D eigenvalue weighted by Crippen LogP contribution is -2.05. The molecule has 0 aliphatic rings. The Hall–Kier alpha value is -2.75. The molecule has 2 aromatic carbocycles. The van der Waals surface area contributed by atoms with E-state index in [4.69, 9.17) is 9.15 Å². The fourth-order valence-electron chi connectivity index (χ4n) is 2.59. The van der Waals surface area contributed by atoms with Gasteiger partial charge >= 0.3 is 0 Å². The molecule has 4 heteroatoms. The van der Waals surface area contributed by atoms with E-state index in [1.165, 1.54) is 17.9 Å². The fourth-order valence-corrected chi connectivity index (χ4v) is 2.59. The maximum atomic E-state index is 12.6. The number of fused-ring (bicyclic) bond motifs is 1. The molecule has 0 amide bonds. The van der Waals surface area contributed by atoms with Crippen LogP contribution in [0.25, 0.3) is 11.0 Å². The Kier molecular flexibility index (Phi) is 4.30. The summed E-state index contributed by atoms with van der Waals surface area (Å²) in [6, 6.07) is 10.8. The molecule has 3 aromatic rings. The zero-order valence-electron chi connectivity index (χ0n) is 14.0. The first-order valence-corrected chi connectivity index (χ1v) is 8.04. The number of hydrogen-bond acceptors (Lipinski definition) is 4. The molecule has 1 aromatic heterocycles. The van der Waals surface area contributed by atoms with Gasteiger partial charge in [0.25, 0.3) is 0 Å². The van der Waals surface area contributed by atoms with Gasteiger partial charge in [-0.3, -0.25) is 4.79 Å². The summed E-state index contributed by atoms with van der Waals surface area (Å²) in [6.45, 7) is 6.16. The summed E-state index contributed by atoms with van der Waals surface area (Å²) < 4.78 is 11.1. The van der Waals surface area contributed by atoms with Crippen LogP contribution in [-0.2, 0) is 6.42 Å². The minimum Gasteiger partial charge on any atom is -0.508 e. The van der Waals surface area contributed by atoms with E-state index in [1.54, 1.807) is 6.07 Å². The average Bonchev–Trinajstić information content (AvgIpc) is 2.57. The van der Waals surface area contributed by atoms with Crippen LogP contribution in [0.2, 0.25) is 0 Å². The Bertz CT molecular complexity index is 921. The first-order chi connectivity index (χ1) is 11.5. The summed E-state index contributed by atoms with van der Waals surface area (Å²) in [5.41, 5.74) is 2.00. The van der Waals surface area contributed by atoms with Crippen molar-refractivity contribution < 1.29 is 14.3 Å². The smallest absolute Gasteiger partial charge is 0.235 e. The van der Waals surface area contributed by atoms with Gasteiger partial charge in [-0.05, 0) is 41.7 Å². The first-order valence-electron chi connectivity index (χ1n) is 8.04. The topological polar surface area (TPSA) is 59.7 Å². The molecule has 0 atom stereocenters. The van der Waals surface area contributed by atoms with Crippen LogP contribution >= 0.6 is 0 Å². The average molecular weight is 324 g/mol. The lowest BCUT2D eigenvalue weighted by molar-refractivity contribution is 0.448. The molecule has 0 aliphatic carbocycles. The summed E-state index contributed by atoms with van der Waals surface area (Å²) in [6.07, 6.45) is 1.91. The number of benzene rings is 2. The van der Waals surface area contributed by atoms with Crippen LogP contribution in [0.15, 0.2) is 51.9 Å². The van der Waals surface area contributed by atoms with E-state index in [9.17, 15) is 9.90 Å². The number of aromatic hydroxyl groups is 1. The van der Waals surface area contributed by atoms with Crippen LogP contribution in [0.4, 0.5) is 0 Å². The highest BCUT2D eigenvalue weighted by molar-refractivity contribution is 5.80. The molecule has 0 aliphatic heterocycles. The Morgan fingerprint density at radius 3 is 2.50 bits per heavy atom. The third kappa shape index (κ3) is 3.00. The fraction of sp³-hybridized carbons (Fsp3) is 0.250. The molecule has 0 saturated heterocycles. The Morgan fingerprint density at radius 2 is 1.88 bits per heavy atom. The van der Waals surface area contributed by atoms with E-state index in [0.29, 0.717) is 34.6 Å². The molecule has 24 heavy (non-hydrogen) atoms. The zero-order valence-corrected chi connectivity index (χ0v) is 14.0. The lowest BCUT2D eigenvalue weighted by Gasteiger charge is -2.09. The van der Waals surface area contributed by atoms with Gasteiger partial charge in [-0.1, -0.05) is 32.9 Å². The van der Waals surface area contributed by atoms with Crippen molar-refractivity contribution in [3.63, 3.8) is 0 Å². The molecule has 4 nitrogen and oxygen atoms in total. The van der Waals surface area contributed by atoms with Gasteiger partial charge in [-0.25, -0.2) is 0 Å². The second-order valence-corrected chi connectivity index (χ2v) is 6.09. The van der Waals surface area contributed by atoms with Crippen LogP contribution in [-0.4, -0.2) is 5.11 Å². The standard InChI is InChI=1S/C20H20O4/c1-4-13-9-16-18(10-17(13)21)23-11-19(20(16)22)24-15-7-5-14(6-8-15)12(2)3/h5-12,21H,4H2,1-3H3. The number of aryl methyl sites for hydroxylation is 1. The highest BCUT2D eigenvalue weighted by Gasteiger charge is 2.12. The van der Waals surface area contributed by atoms with E-state index < -0.39 is 0 Å². The van der Waals surface area contributed by atoms with E-state index in [0.717, 1.165) is 0 Å². The first kappa shape index (κ1) is 16.1. The van der Waals surface area contributed by atoms with Crippen molar-refractivity contribution in [3.8, 4) is 17.2 Å². The van der Waals surface area contributed by atoms with Crippen molar-refractivity contribution in [2.75, 3.05) is 0 Å². The van der Waals surface area contributed by atoms with E-state index >= 15 is 0 Å². The molecule has 0 unspecified atom stereocenters. The summed E-state index contributed by atoms with van der Waals surface area (Å²) in [5, 5.41) is 10.3. The minimum atomic E-state index is -0.251. The molecule has 1 N–H and O–H groups in total. The monoisotopic (exact) mass is 324 g/mol. The second-order valence-electron chi connectivity index (χ2n) is 6.09. The van der Waals surface area contributed by atoms with Gasteiger partial charge in [-0.2, -0.15) is 0 Å². The number of rotatable bonds is 4. The number of phenols is 1. The van der Waals surface area contributed by atoms with Crippen LogP contribution < -0.4 is 10.2 Å². The zero-order chi connectivity index (χ0) is 17.3. The molecular formula is C20H20O4. The van der Waals surface area contributed by atoms with Gasteiger partial charge in [0.2, 0.25) is 11.2 Å². The van der Waals surface area contributed by atoms with Crippen molar-refractivity contribution in [2.45, 2.75) is 33.1 Å². The number of ether oxygens (including phenoxy) is 1. The maximum absolute atomic E-state index is 12.6. The van der Waals surface area contributed by atoms with Crippen LogP contribution in [0.3, 0.4) is 0 Å². The summed E-state index contributed by atoms with van der Waals surface area (Å²) in [5.74, 6) is 1.28. The van der Waals surface area contributed by atoms with Gasteiger partial charge in [0.15, 0.2) is 0 Å². The Morgan fingerprint density at radius 1 is 1.17 bits per heavy atom. The molecule has 0 spiro atoms. The summed E-state index contributed by atoms with van der Waals surface area (Å²) in [7, 11) is 0. The van der Waals surface area contributed by atoms with E-state index in [1.807, 2.05) is 31.2 Å². The Balaban J connectivity index is 1.99. The van der Waals surface area contributed by atoms with Crippen molar-refractivity contribution in [1.29, 1.82) is 0 Å². The van der Waals surface area contributed by atoms with Crippen molar-refractivity contribution in [2.24, 2.45) is 0 Å². The minimum absolute atomic E-state index is 0.131. The summed E-state index contributed by atoms with van der Waals surface area (Å²) in [4.78, 5) is 12.6. The van der Waals surface area contributed by atoms with Gasteiger partial charge in [0, 0.05) is 6.07 Å². The Labute approximate surface area is 140 Å². The highest BCUT2D eigenvalue weighted by atomic mass is 16.5. The highest BCUT2D eigenvalue weighted by Crippen LogP contribution is 2.27. The molecule has 0 saturated carbocycles. The molecule has 0 fully saturated rings. The van der Waals surface area contributed by atoms with Gasteiger partial charge < -0.3 is 14.3 Å². The molecule has 124 valence electrons. The third-order valence-corrected chi connectivity index (χ3v) is 4.10. The lowest BCUT2D eigenvalue weighted by atomic mass is 10.0. The third-order valence-electron chi connectivity index (χ3n) is 4.10. The normalized spacial score (nSPS) is 11.2. The predicted molar refractivity (Wildman–Crippen MR) is 94.1 cm³/mol. The predicted octanol–water partition coefficient (Wildman–Crippen LogP) is 4.98. The molecule has 3 rings (SSSR count). The van der Waals surface area contributed by atoms with Crippen molar-refractivity contribution in [1.82, 2.24) is 0 Å². The summed E-state index contributed by atoms with van der Waals surface area (Å²) >= 11 is 0. The van der Waals surface area contributed by atoms with Gasteiger partial charge in [0.1, 0.15) is 23.3 Å². The van der Waals surface area contributed by atoms with Crippen molar-refractivity contribution in [3.05, 3.63) is 64.0 Å². The quantitative estimate of drug-likeness (QED) is 0.735. The molecular weight excluding hydrogens is 304 g/mol. The SMILES string of the molecule is CCc1cc2c(=O)c(Oc3ccc(C(C)C)cc3)coc2cc1O. The van der Waals surface area contributed by atoms with Crippen LogP contribution in [0.1, 0.15) is 37.8 Å². The van der Waals surface area contributed by atoms with E-state index in [2.05, 4.69) is 13.8 Å². The maximum Gasteiger partial charge on any atom is 0.235 e. The largest absolute Gasteiger partial charge is 0.508 e. The number of phenolic OH excluding ortho intramolecular Hbond substituents is 1. The van der Waals surface area contributed by atoms with Gasteiger partial charge in [-0.15, -0.1) is 0 Å². The number of hydrogen-bond donors (Lipinski definition) is 1. The van der Waals surface area contributed by atoms with Crippen LogP contribution in [0.5, 0.6) is 17.2 Å².